The van der Waals surface area contributed by atoms with Gasteiger partial charge in [0.25, 0.3) is 0 Å². The predicted octanol–water partition coefficient (Wildman–Crippen LogP) is 6.60. The number of carbonyl (C=O) groups excluding carboxylic acids is 1. The highest BCUT2D eigenvalue weighted by Crippen LogP contribution is 2.38. The highest BCUT2D eigenvalue weighted by Gasteiger charge is 2.38. The fourth-order valence-electron chi connectivity index (χ4n) is 3.28. The van der Waals surface area contributed by atoms with E-state index in [1.54, 1.807) is 32.9 Å². The normalized spacial score (nSPS) is 14.3. The maximum Gasteiger partial charge on any atom is 0.416 e. The van der Waals surface area contributed by atoms with E-state index in [1.165, 1.54) is 11.0 Å². The molecular formula is C22H21F6NO3. The minimum absolute atomic E-state index is 0.0834. The molecule has 0 radical (unpaired) electrons. The Morgan fingerprint density at radius 2 is 1.66 bits per heavy atom. The molecule has 0 aromatic heterocycles. The molecule has 0 spiro atoms. The van der Waals surface area contributed by atoms with Crippen LogP contribution in [0.4, 0.5) is 36.8 Å². The summed E-state index contributed by atoms with van der Waals surface area (Å²) < 4.78 is 89.1. The molecular weight excluding hydrogens is 440 g/mol. The number of benzene rings is 2. The van der Waals surface area contributed by atoms with Gasteiger partial charge in [0, 0.05) is 12.1 Å². The van der Waals surface area contributed by atoms with Crippen LogP contribution in [0.15, 0.2) is 36.4 Å². The Balaban J connectivity index is 1.77. The van der Waals surface area contributed by atoms with Crippen LogP contribution in [-0.4, -0.2) is 18.2 Å². The second-order valence-corrected chi connectivity index (χ2v) is 8.33. The number of anilines is 1. The number of hydrogen-bond acceptors (Lipinski definition) is 3. The quantitative estimate of drug-likeness (QED) is 0.484. The van der Waals surface area contributed by atoms with E-state index < -0.39 is 47.3 Å². The van der Waals surface area contributed by atoms with Gasteiger partial charge in [-0.3, -0.25) is 4.90 Å². The monoisotopic (exact) mass is 461 g/mol. The average Bonchev–Trinajstić information content (AvgIpc) is 3.06. The molecule has 0 bridgehead atoms. The fourth-order valence-corrected chi connectivity index (χ4v) is 3.28. The summed E-state index contributed by atoms with van der Waals surface area (Å²) in [5.74, 6) is 0.239. The molecule has 1 aliphatic heterocycles. The third kappa shape index (κ3) is 5.46. The van der Waals surface area contributed by atoms with Crippen molar-refractivity contribution in [1.29, 1.82) is 0 Å². The van der Waals surface area contributed by atoms with Gasteiger partial charge in [-0.05, 0) is 63.1 Å². The van der Waals surface area contributed by atoms with Gasteiger partial charge in [-0.2, -0.15) is 26.3 Å². The van der Waals surface area contributed by atoms with Gasteiger partial charge >= 0.3 is 18.4 Å². The molecule has 2 aromatic rings. The number of carbonyl (C=O) groups is 1. The first kappa shape index (κ1) is 23.7. The highest BCUT2D eigenvalue weighted by molar-refractivity contribution is 5.90. The van der Waals surface area contributed by atoms with Crippen molar-refractivity contribution in [1.82, 2.24) is 0 Å². The van der Waals surface area contributed by atoms with Crippen LogP contribution >= 0.6 is 0 Å². The van der Waals surface area contributed by atoms with Crippen LogP contribution in [0.3, 0.4) is 0 Å². The third-order valence-electron chi connectivity index (χ3n) is 4.70. The van der Waals surface area contributed by atoms with E-state index in [9.17, 15) is 31.1 Å². The van der Waals surface area contributed by atoms with E-state index in [0.717, 1.165) is 11.6 Å². The first-order valence-electron chi connectivity index (χ1n) is 9.69. The van der Waals surface area contributed by atoms with Crippen molar-refractivity contribution in [2.45, 2.75) is 51.8 Å². The Morgan fingerprint density at radius 3 is 2.25 bits per heavy atom. The Labute approximate surface area is 180 Å². The number of halogens is 6. The van der Waals surface area contributed by atoms with Crippen molar-refractivity contribution in [3.63, 3.8) is 0 Å². The van der Waals surface area contributed by atoms with Gasteiger partial charge in [0.05, 0.1) is 16.8 Å². The summed E-state index contributed by atoms with van der Waals surface area (Å²) >= 11 is 0. The molecule has 1 amide bonds. The van der Waals surface area contributed by atoms with E-state index in [0.29, 0.717) is 24.7 Å². The molecule has 1 aliphatic rings. The average molecular weight is 461 g/mol. The molecule has 10 heteroatoms. The number of nitrogens with zero attached hydrogens (tertiary/aromatic N) is 1. The minimum atomic E-state index is -4.97. The van der Waals surface area contributed by atoms with Gasteiger partial charge in [0.1, 0.15) is 18.0 Å². The van der Waals surface area contributed by atoms with E-state index in [1.807, 2.05) is 0 Å². The van der Waals surface area contributed by atoms with Gasteiger partial charge in [-0.25, -0.2) is 4.79 Å². The van der Waals surface area contributed by atoms with Crippen LogP contribution in [-0.2, 0) is 30.1 Å². The molecule has 0 N–H and O–H groups in total. The maximum absolute atomic E-state index is 13.3. The lowest BCUT2D eigenvalue weighted by molar-refractivity contribution is -0.143. The molecule has 3 rings (SSSR count). The Morgan fingerprint density at radius 1 is 0.969 bits per heavy atom. The summed E-state index contributed by atoms with van der Waals surface area (Å²) in [4.78, 5) is 13.8. The van der Waals surface area contributed by atoms with Crippen LogP contribution in [0.25, 0.3) is 0 Å². The lowest BCUT2D eigenvalue weighted by atomic mass is 10.0. The van der Waals surface area contributed by atoms with Gasteiger partial charge < -0.3 is 9.47 Å². The topological polar surface area (TPSA) is 38.8 Å². The molecule has 0 aliphatic carbocycles. The molecule has 0 saturated carbocycles. The van der Waals surface area contributed by atoms with Crippen molar-refractivity contribution in [3.05, 3.63) is 58.7 Å². The molecule has 0 atom stereocenters. The summed E-state index contributed by atoms with van der Waals surface area (Å²) in [7, 11) is 0. The first-order valence-corrected chi connectivity index (χ1v) is 9.69. The van der Waals surface area contributed by atoms with E-state index in [4.69, 9.17) is 9.47 Å². The van der Waals surface area contributed by atoms with E-state index >= 15 is 0 Å². The summed E-state index contributed by atoms with van der Waals surface area (Å²) in [6.45, 7) is 5.05. The predicted molar refractivity (Wildman–Crippen MR) is 105 cm³/mol. The van der Waals surface area contributed by atoms with E-state index in [2.05, 4.69) is 0 Å². The lowest BCUT2D eigenvalue weighted by Crippen LogP contribution is -2.35. The zero-order valence-corrected chi connectivity index (χ0v) is 17.5. The smallest absolute Gasteiger partial charge is 0.416 e. The van der Waals surface area contributed by atoms with Gasteiger partial charge in [0.2, 0.25) is 0 Å². The maximum atomic E-state index is 13.3. The number of alkyl halides is 6. The van der Waals surface area contributed by atoms with Crippen molar-refractivity contribution < 1.29 is 40.6 Å². The standard InChI is InChI=1S/C22H21F6NO3/c1-20(2,3)32-19(30)29-9-8-13-10-16(6-7-18(13)29)31-12-14-4-5-15(21(23,24)25)11-17(14)22(26,27)28/h4-7,10-11H,8-9,12H2,1-3H3. The van der Waals surface area contributed by atoms with Crippen LogP contribution in [0.5, 0.6) is 5.75 Å². The van der Waals surface area contributed by atoms with Crippen molar-refractivity contribution >= 4 is 11.8 Å². The summed E-state index contributed by atoms with van der Waals surface area (Å²) in [5.41, 5.74) is -2.51. The molecule has 0 fully saturated rings. The van der Waals surface area contributed by atoms with Gasteiger partial charge in [-0.15, -0.1) is 0 Å². The first-order chi connectivity index (χ1) is 14.6. The van der Waals surface area contributed by atoms with Gasteiger partial charge in [0.15, 0.2) is 0 Å². The van der Waals surface area contributed by atoms with Crippen molar-refractivity contribution in [2.75, 3.05) is 11.4 Å². The lowest BCUT2D eigenvalue weighted by Gasteiger charge is -2.24. The molecule has 32 heavy (non-hydrogen) atoms. The third-order valence-corrected chi connectivity index (χ3v) is 4.70. The summed E-state index contributed by atoms with van der Waals surface area (Å²) in [6, 6.07) is 6.12. The Hall–Kier alpha value is -2.91. The van der Waals surface area contributed by atoms with Crippen LogP contribution in [0.1, 0.15) is 43.0 Å². The Kier molecular flexibility index (Phi) is 6.10. The Bertz CT molecular complexity index is 1010. The molecule has 4 nitrogen and oxygen atoms in total. The highest BCUT2D eigenvalue weighted by atomic mass is 19.4. The largest absolute Gasteiger partial charge is 0.489 e. The zero-order valence-electron chi connectivity index (χ0n) is 17.5. The van der Waals surface area contributed by atoms with E-state index in [-0.39, 0.29) is 11.8 Å². The summed E-state index contributed by atoms with van der Waals surface area (Å²) in [5, 5.41) is 0. The summed E-state index contributed by atoms with van der Waals surface area (Å²) in [6.07, 6.45) is -9.87. The van der Waals surface area contributed by atoms with Crippen LogP contribution in [0.2, 0.25) is 0 Å². The SMILES string of the molecule is CC(C)(C)OC(=O)N1CCc2cc(OCc3ccc(C(F)(F)F)cc3C(F)(F)F)ccc21. The molecule has 1 heterocycles. The van der Waals surface area contributed by atoms with Crippen molar-refractivity contribution in [2.24, 2.45) is 0 Å². The number of rotatable bonds is 3. The van der Waals surface area contributed by atoms with Crippen molar-refractivity contribution in [3.8, 4) is 5.75 Å². The second kappa shape index (κ2) is 8.22. The fraction of sp³-hybridized carbons (Fsp3) is 0.409. The zero-order chi connectivity index (χ0) is 23.9. The molecule has 0 unspecified atom stereocenters. The molecule has 2 aromatic carbocycles. The van der Waals surface area contributed by atoms with Crippen LogP contribution in [0, 0.1) is 0 Å². The second-order valence-electron chi connectivity index (χ2n) is 8.33. The van der Waals surface area contributed by atoms with Gasteiger partial charge in [-0.1, -0.05) is 6.07 Å². The number of amides is 1. The number of fused-ring (bicyclic) bond motifs is 1. The number of ether oxygens (including phenoxy) is 2. The number of hydrogen-bond donors (Lipinski definition) is 0. The molecule has 174 valence electrons. The molecule has 0 saturated heterocycles. The minimum Gasteiger partial charge on any atom is -0.489 e. The van der Waals surface area contributed by atoms with Crippen LogP contribution < -0.4 is 9.64 Å².